The molecule has 2 amide bonds. The number of amides is 2. The third-order valence-electron chi connectivity index (χ3n) is 5.33. The summed E-state index contributed by atoms with van der Waals surface area (Å²) in [5, 5.41) is 2.73. The van der Waals surface area contributed by atoms with Gasteiger partial charge in [-0.2, -0.15) is 0 Å². The molecule has 7 heteroatoms. The highest BCUT2D eigenvalue weighted by atomic mass is 32.2. The number of carbonyl (C=O) groups excluding carboxylic acids is 2. The lowest BCUT2D eigenvalue weighted by Gasteiger charge is -2.29. The molecule has 0 bridgehead atoms. The molecular formula is C24H30N2O4S. The Morgan fingerprint density at radius 2 is 1.81 bits per heavy atom. The third kappa shape index (κ3) is 5.34. The van der Waals surface area contributed by atoms with E-state index in [4.69, 9.17) is 9.47 Å². The van der Waals surface area contributed by atoms with Gasteiger partial charge in [-0.3, -0.25) is 9.59 Å². The molecule has 2 unspecified atom stereocenters. The zero-order chi connectivity index (χ0) is 22.2. The normalized spacial score (nSPS) is 18.0. The van der Waals surface area contributed by atoms with Crippen molar-refractivity contribution >= 4 is 23.6 Å². The number of benzene rings is 2. The van der Waals surface area contributed by atoms with Crippen LogP contribution in [-0.4, -0.2) is 49.3 Å². The Morgan fingerprint density at radius 1 is 1.06 bits per heavy atom. The van der Waals surface area contributed by atoms with Crippen LogP contribution in [0.4, 0.5) is 0 Å². The highest BCUT2D eigenvalue weighted by molar-refractivity contribution is 7.99. The average Bonchev–Trinajstić information content (AvgIpc) is 3.26. The Morgan fingerprint density at radius 3 is 2.48 bits per heavy atom. The molecule has 1 fully saturated rings. The topological polar surface area (TPSA) is 67.9 Å². The first-order chi connectivity index (χ1) is 15.1. The van der Waals surface area contributed by atoms with Crippen molar-refractivity contribution in [2.45, 2.75) is 37.6 Å². The van der Waals surface area contributed by atoms with Crippen LogP contribution >= 0.6 is 11.8 Å². The summed E-state index contributed by atoms with van der Waals surface area (Å²) in [4.78, 5) is 28.2. The molecule has 166 valence electrons. The van der Waals surface area contributed by atoms with Crippen molar-refractivity contribution in [2.75, 3.05) is 26.5 Å². The number of thioether (sulfide) groups is 1. The lowest BCUT2D eigenvalue weighted by atomic mass is 10.1. The first-order valence-electron chi connectivity index (χ1n) is 10.6. The summed E-state index contributed by atoms with van der Waals surface area (Å²) in [6.07, 6.45) is 3.10. The lowest BCUT2D eigenvalue weighted by Crippen LogP contribution is -2.48. The van der Waals surface area contributed by atoms with E-state index >= 15 is 0 Å². The summed E-state index contributed by atoms with van der Waals surface area (Å²) in [6.45, 7) is 2.76. The van der Waals surface area contributed by atoms with Gasteiger partial charge in [0.1, 0.15) is 11.4 Å². The van der Waals surface area contributed by atoms with E-state index in [0.717, 1.165) is 24.8 Å². The van der Waals surface area contributed by atoms with Crippen LogP contribution in [0.1, 0.15) is 47.5 Å². The van der Waals surface area contributed by atoms with E-state index < -0.39 is 6.04 Å². The van der Waals surface area contributed by atoms with Gasteiger partial charge >= 0.3 is 0 Å². The van der Waals surface area contributed by atoms with E-state index in [1.807, 2.05) is 36.4 Å². The van der Waals surface area contributed by atoms with Crippen LogP contribution in [0.5, 0.6) is 11.5 Å². The molecule has 0 saturated carbocycles. The third-order valence-corrected chi connectivity index (χ3v) is 6.65. The molecular weight excluding hydrogens is 412 g/mol. The summed E-state index contributed by atoms with van der Waals surface area (Å²) < 4.78 is 10.8. The standard InChI is InChI=1S/C24H30N2O4S/c1-4-5-9-14-25-22(27)19-16-31-24(18-12-13-20(29-2)21(15-18)30-3)26(19)23(28)17-10-7-6-8-11-17/h6-8,10-13,15,19,24H,4-5,9,14,16H2,1-3H3,(H,25,27). The molecule has 1 N–H and O–H groups in total. The molecule has 0 aliphatic carbocycles. The van der Waals surface area contributed by atoms with E-state index in [9.17, 15) is 9.59 Å². The lowest BCUT2D eigenvalue weighted by molar-refractivity contribution is -0.124. The number of ether oxygens (including phenoxy) is 2. The smallest absolute Gasteiger partial charge is 0.255 e. The molecule has 1 saturated heterocycles. The van der Waals surface area contributed by atoms with Gasteiger partial charge in [-0.1, -0.05) is 44.0 Å². The maximum atomic E-state index is 13.5. The Labute approximate surface area is 188 Å². The van der Waals surface area contributed by atoms with Gasteiger partial charge in [0.15, 0.2) is 11.5 Å². The van der Waals surface area contributed by atoms with Gasteiger partial charge in [0.2, 0.25) is 5.91 Å². The molecule has 6 nitrogen and oxygen atoms in total. The Balaban J connectivity index is 1.89. The molecule has 2 atom stereocenters. The summed E-state index contributed by atoms with van der Waals surface area (Å²) in [5.41, 5.74) is 1.47. The molecule has 3 rings (SSSR count). The van der Waals surface area contributed by atoms with Crippen LogP contribution in [0.15, 0.2) is 48.5 Å². The predicted molar refractivity (Wildman–Crippen MR) is 124 cm³/mol. The molecule has 0 radical (unpaired) electrons. The molecule has 0 spiro atoms. The molecule has 1 aliphatic heterocycles. The van der Waals surface area contributed by atoms with Gasteiger partial charge in [-0.15, -0.1) is 11.8 Å². The maximum absolute atomic E-state index is 13.5. The van der Waals surface area contributed by atoms with Gasteiger partial charge < -0.3 is 19.7 Å². The highest BCUT2D eigenvalue weighted by Crippen LogP contribution is 2.44. The Hall–Kier alpha value is -2.67. The van der Waals surface area contributed by atoms with Crippen LogP contribution in [0.25, 0.3) is 0 Å². The minimum atomic E-state index is -0.530. The van der Waals surface area contributed by atoms with Crippen molar-refractivity contribution in [3.8, 4) is 11.5 Å². The number of nitrogens with one attached hydrogen (secondary N) is 1. The number of methoxy groups -OCH3 is 2. The summed E-state index contributed by atoms with van der Waals surface area (Å²) in [6, 6.07) is 14.2. The second-order valence-electron chi connectivity index (χ2n) is 7.39. The van der Waals surface area contributed by atoms with Crippen molar-refractivity contribution in [1.82, 2.24) is 10.2 Å². The van der Waals surface area contributed by atoms with Gasteiger partial charge in [-0.05, 0) is 36.2 Å². The molecule has 1 aliphatic rings. The van der Waals surface area contributed by atoms with Crippen molar-refractivity contribution < 1.29 is 19.1 Å². The molecule has 2 aromatic carbocycles. The first-order valence-corrected chi connectivity index (χ1v) is 11.6. The molecule has 0 aromatic heterocycles. The van der Waals surface area contributed by atoms with E-state index in [0.29, 0.717) is 29.4 Å². The number of carbonyl (C=O) groups is 2. The van der Waals surface area contributed by atoms with Crippen LogP contribution in [0, 0.1) is 0 Å². The largest absolute Gasteiger partial charge is 0.493 e. The highest BCUT2D eigenvalue weighted by Gasteiger charge is 2.42. The predicted octanol–water partition coefficient (Wildman–Crippen LogP) is 4.27. The van der Waals surface area contributed by atoms with Gasteiger partial charge in [0.05, 0.1) is 14.2 Å². The minimum Gasteiger partial charge on any atom is -0.493 e. The monoisotopic (exact) mass is 442 g/mol. The second-order valence-corrected chi connectivity index (χ2v) is 8.51. The van der Waals surface area contributed by atoms with E-state index in [-0.39, 0.29) is 17.2 Å². The number of rotatable bonds is 9. The first kappa shape index (κ1) is 23.0. The summed E-state index contributed by atoms with van der Waals surface area (Å²) in [7, 11) is 3.18. The van der Waals surface area contributed by atoms with Gasteiger partial charge in [-0.25, -0.2) is 0 Å². The second kappa shape index (κ2) is 11.1. The molecule has 1 heterocycles. The molecule has 2 aromatic rings. The van der Waals surface area contributed by atoms with E-state index in [2.05, 4.69) is 12.2 Å². The van der Waals surface area contributed by atoms with Crippen molar-refractivity contribution in [2.24, 2.45) is 0 Å². The van der Waals surface area contributed by atoms with Gasteiger partial charge in [0, 0.05) is 17.9 Å². The number of hydrogen-bond acceptors (Lipinski definition) is 5. The van der Waals surface area contributed by atoms with Crippen molar-refractivity contribution in [3.63, 3.8) is 0 Å². The van der Waals surface area contributed by atoms with Gasteiger partial charge in [0.25, 0.3) is 5.91 Å². The minimum absolute atomic E-state index is 0.101. The average molecular weight is 443 g/mol. The van der Waals surface area contributed by atoms with Crippen LogP contribution < -0.4 is 14.8 Å². The van der Waals surface area contributed by atoms with E-state index in [1.165, 1.54) is 0 Å². The number of unbranched alkanes of at least 4 members (excludes halogenated alkanes) is 2. The van der Waals surface area contributed by atoms with Crippen LogP contribution in [0.2, 0.25) is 0 Å². The Bertz CT molecular complexity index is 890. The molecule has 31 heavy (non-hydrogen) atoms. The van der Waals surface area contributed by atoms with Crippen molar-refractivity contribution in [1.29, 1.82) is 0 Å². The van der Waals surface area contributed by atoms with Crippen LogP contribution in [0.3, 0.4) is 0 Å². The van der Waals surface area contributed by atoms with Crippen molar-refractivity contribution in [3.05, 3.63) is 59.7 Å². The zero-order valence-corrected chi connectivity index (χ0v) is 19.1. The maximum Gasteiger partial charge on any atom is 0.255 e. The van der Waals surface area contributed by atoms with E-state index in [1.54, 1.807) is 43.0 Å². The number of hydrogen-bond donors (Lipinski definition) is 1. The van der Waals surface area contributed by atoms with Crippen LogP contribution in [-0.2, 0) is 4.79 Å². The Kier molecular flexibility index (Phi) is 8.23. The fraction of sp³-hybridized carbons (Fsp3) is 0.417. The SMILES string of the molecule is CCCCCNC(=O)C1CSC(c2ccc(OC)c(OC)c2)N1C(=O)c1ccccc1. The fourth-order valence-electron chi connectivity index (χ4n) is 3.65. The summed E-state index contributed by atoms with van der Waals surface area (Å²) in [5.74, 6) is 1.51. The summed E-state index contributed by atoms with van der Waals surface area (Å²) >= 11 is 1.59. The zero-order valence-electron chi connectivity index (χ0n) is 18.3. The fourth-order valence-corrected chi connectivity index (χ4v) is 5.07. The quantitative estimate of drug-likeness (QED) is 0.588. The number of nitrogens with zero attached hydrogens (tertiary/aromatic N) is 1.